The van der Waals surface area contributed by atoms with E-state index in [1.165, 1.54) is 19.4 Å². The zero-order chi connectivity index (χ0) is 11.5. The molecule has 1 N–H and O–H groups in total. The van der Waals surface area contributed by atoms with Crippen molar-refractivity contribution in [2.45, 2.75) is 25.8 Å². The van der Waals surface area contributed by atoms with E-state index in [4.69, 9.17) is 0 Å². The third-order valence-electron chi connectivity index (χ3n) is 3.70. The van der Waals surface area contributed by atoms with E-state index < -0.39 is 0 Å². The first-order valence-electron chi connectivity index (χ1n) is 6.39. The van der Waals surface area contributed by atoms with Gasteiger partial charge in [0.15, 0.2) is 0 Å². The fourth-order valence-electron chi connectivity index (χ4n) is 2.21. The highest BCUT2D eigenvalue weighted by Gasteiger charge is 2.28. The third kappa shape index (κ3) is 2.95. The SMILES string of the molecule is CNC(C)C(=O)N1CCN(CC2CC2)CC1. The molecule has 16 heavy (non-hydrogen) atoms. The van der Waals surface area contributed by atoms with Crippen LogP contribution in [0.3, 0.4) is 0 Å². The van der Waals surface area contributed by atoms with Gasteiger partial charge in [0, 0.05) is 32.7 Å². The Morgan fingerprint density at radius 1 is 1.31 bits per heavy atom. The number of piperazine rings is 1. The molecule has 2 aliphatic rings. The van der Waals surface area contributed by atoms with Crippen molar-refractivity contribution in [1.29, 1.82) is 0 Å². The molecule has 0 bridgehead atoms. The van der Waals surface area contributed by atoms with E-state index >= 15 is 0 Å². The Balaban J connectivity index is 1.73. The second-order valence-electron chi connectivity index (χ2n) is 5.08. The van der Waals surface area contributed by atoms with Crippen LogP contribution in [-0.2, 0) is 4.79 Å². The number of amides is 1. The molecule has 2 fully saturated rings. The molecule has 4 nitrogen and oxygen atoms in total. The maximum absolute atomic E-state index is 11.9. The molecule has 1 amide bonds. The van der Waals surface area contributed by atoms with E-state index in [2.05, 4.69) is 10.2 Å². The average molecular weight is 225 g/mol. The molecule has 1 atom stereocenters. The predicted octanol–water partition coefficient (Wildman–Crippen LogP) is 0.149. The molecular formula is C12H23N3O. The van der Waals surface area contributed by atoms with Crippen LogP contribution in [0, 0.1) is 5.92 Å². The van der Waals surface area contributed by atoms with Crippen LogP contribution in [0.4, 0.5) is 0 Å². The highest BCUT2D eigenvalue weighted by atomic mass is 16.2. The molecule has 1 aliphatic carbocycles. The quantitative estimate of drug-likeness (QED) is 0.740. The van der Waals surface area contributed by atoms with Crippen molar-refractivity contribution in [2.75, 3.05) is 39.8 Å². The van der Waals surface area contributed by atoms with Gasteiger partial charge < -0.3 is 10.2 Å². The smallest absolute Gasteiger partial charge is 0.239 e. The van der Waals surface area contributed by atoms with Gasteiger partial charge in [0.25, 0.3) is 0 Å². The second kappa shape index (κ2) is 5.15. The molecule has 92 valence electrons. The van der Waals surface area contributed by atoms with Crippen LogP contribution in [0.25, 0.3) is 0 Å². The molecular weight excluding hydrogens is 202 g/mol. The average Bonchev–Trinajstić information content (AvgIpc) is 3.12. The van der Waals surface area contributed by atoms with Gasteiger partial charge in [0.1, 0.15) is 0 Å². The van der Waals surface area contributed by atoms with E-state index in [9.17, 15) is 4.79 Å². The van der Waals surface area contributed by atoms with E-state index in [0.29, 0.717) is 0 Å². The Bertz CT molecular complexity index is 245. The van der Waals surface area contributed by atoms with Gasteiger partial charge in [-0.2, -0.15) is 0 Å². The summed E-state index contributed by atoms with van der Waals surface area (Å²) in [6, 6.07) is -0.0463. The lowest BCUT2D eigenvalue weighted by Crippen LogP contribution is -2.53. The minimum absolute atomic E-state index is 0.0463. The summed E-state index contributed by atoms with van der Waals surface area (Å²) in [5, 5.41) is 3.01. The molecule has 1 saturated carbocycles. The zero-order valence-corrected chi connectivity index (χ0v) is 10.4. The standard InChI is InChI=1S/C12H23N3O/c1-10(13-2)12(16)15-7-5-14(6-8-15)9-11-3-4-11/h10-11,13H,3-9H2,1-2H3. The van der Waals surface area contributed by atoms with Gasteiger partial charge in [-0.15, -0.1) is 0 Å². The molecule has 1 aliphatic heterocycles. The van der Waals surface area contributed by atoms with Crippen LogP contribution in [0.2, 0.25) is 0 Å². The minimum atomic E-state index is -0.0463. The van der Waals surface area contributed by atoms with Gasteiger partial charge in [-0.25, -0.2) is 0 Å². The summed E-state index contributed by atoms with van der Waals surface area (Å²) in [6.45, 7) is 7.09. The monoisotopic (exact) mass is 225 g/mol. The summed E-state index contributed by atoms with van der Waals surface area (Å²) in [7, 11) is 1.84. The van der Waals surface area contributed by atoms with Crippen LogP contribution in [-0.4, -0.2) is 61.5 Å². The van der Waals surface area contributed by atoms with Crippen molar-refractivity contribution in [3.8, 4) is 0 Å². The first-order valence-corrected chi connectivity index (χ1v) is 6.39. The lowest BCUT2D eigenvalue weighted by molar-refractivity contribution is -0.134. The van der Waals surface area contributed by atoms with Crippen LogP contribution < -0.4 is 5.32 Å². The molecule has 0 aromatic carbocycles. The summed E-state index contributed by atoms with van der Waals surface area (Å²) < 4.78 is 0. The lowest BCUT2D eigenvalue weighted by atomic mass is 10.2. The highest BCUT2D eigenvalue weighted by Crippen LogP contribution is 2.29. The first-order chi connectivity index (χ1) is 7.70. The Morgan fingerprint density at radius 3 is 2.44 bits per heavy atom. The number of hydrogen-bond acceptors (Lipinski definition) is 3. The van der Waals surface area contributed by atoms with E-state index in [1.54, 1.807) is 0 Å². The summed E-state index contributed by atoms with van der Waals surface area (Å²) >= 11 is 0. The molecule has 0 aromatic heterocycles. The Kier molecular flexibility index (Phi) is 3.82. The minimum Gasteiger partial charge on any atom is -0.339 e. The van der Waals surface area contributed by atoms with Crippen molar-refractivity contribution in [1.82, 2.24) is 15.1 Å². The van der Waals surface area contributed by atoms with Gasteiger partial charge in [-0.1, -0.05) is 0 Å². The van der Waals surface area contributed by atoms with Crippen LogP contribution in [0.1, 0.15) is 19.8 Å². The Hall–Kier alpha value is -0.610. The highest BCUT2D eigenvalue weighted by molar-refractivity contribution is 5.81. The zero-order valence-electron chi connectivity index (χ0n) is 10.4. The lowest BCUT2D eigenvalue weighted by Gasteiger charge is -2.36. The number of nitrogens with zero attached hydrogens (tertiary/aromatic N) is 2. The van der Waals surface area contributed by atoms with Crippen LogP contribution in [0.5, 0.6) is 0 Å². The van der Waals surface area contributed by atoms with E-state index in [1.807, 2.05) is 18.9 Å². The number of rotatable bonds is 4. The van der Waals surface area contributed by atoms with E-state index in [-0.39, 0.29) is 11.9 Å². The normalized spacial score (nSPS) is 24.5. The maximum Gasteiger partial charge on any atom is 0.239 e. The topological polar surface area (TPSA) is 35.6 Å². The van der Waals surface area contributed by atoms with Gasteiger partial charge in [-0.3, -0.25) is 9.69 Å². The molecule has 4 heteroatoms. The van der Waals surface area contributed by atoms with Gasteiger partial charge >= 0.3 is 0 Å². The molecule has 1 heterocycles. The second-order valence-corrected chi connectivity index (χ2v) is 5.08. The van der Waals surface area contributed by atoms with Crippen molar-refractivity contribution < 1.29 is 4.79 Å². The van der Waals surface area contributed by atoms with Crippen molar-refractivity contribution in [2.24, 2.45) is 5.92 Å². The molecule has 0 spiro atoms. The summed E-state index contributed by atoms with van der Waals surface area (Å²) in [6.07, 6.45) is 2.83. The fourth-order valence-corrected chi connectivity index (χ4v) is 2.21. The summed E-state index contributed by atoms with van der Waals surface area (Å²) in [5.74, 6) is 1.20. The molecule has 0 aromatic rings. The molecule has 2 rings (SSSR count). The predicted molar refractivity (Wildman–Crippen MR) is 64.3 cm³/mol. The number of nitrogens with one attached hydrogen (secondary N) is 1. The molecule has 1 saturated heterocycles. The number of hydrogen-bond donors (Lipinski definition) is 1. The van der Waals surface area contributed by atoms with Gasteiger partial charge in [-0.05, 0) is 32.7 Å². The largest absolute Gasteiger partial charge is 0.339 e. The Labute approximate surface area is 98.0 Å². The van der Waals surface area contributed by atoms with Crippen LogP contribution >= 0.6 is 0 Å². The molecule has 0 radical (unpaired) electrons. The van der Waals surface area contributed by atoms with Crippen molar-refractivity contribution in [3.05, 3.63) is 0 Å². The van der Waals surface area contributed by atoms with E-state index in [0.717, 1.165) is 32.1 Å². The van der Waals surface area contributed by atoms with Crippen molar-refractivity contribution >= 4 is 5.91 Å². The van der Waals surface area contributed by atoms with Crippen molar-refractivity contribution in [3.63, 3.8) is 0 Å². The molecule has 1 unspecified atom stereocenters. The number of carbonyl (C=O) groups excluding carboxylic acids is 1. The fraction of sp³-hybridized carbons (Fsp3) is 0.917. The first kappa shape index (κ1) is 11.9. The Morgan fingerprint density at radius 2 is 1.94 bits per heavy atom. The summed E-state index contributed by atoms with van der Waals surface area (Å²) in [4.78, 5) is 16.4. The summed E-state index contributed by atoms with van der Waals surface area (Å²) in [5.41, 5.74) is 0. The third-order valence-corrected chi connectivity index (χ3v) is 3.70. The number of carbonyl (C=O) groups is 1. The maximum atomic E-state index is 11.9. The number of likely N-dealkylation sites (N-methyl/N-ethyl adjacent to an activating group) is 1. The van der Waals surface area contributed by atoms with Gasteiger partial charge in [0.2, 0.25) is 5.91 Å². The van der Waals surface area contributed by atoms with Gasteiger partial charge in [0.05, 0.1) is 6.04 Å². The van der Waals surface area contributed by atoms with Crippen LogP contribution in [0.15, 0.2) is 0 Å².